The van der Waals surface area contributed by atoms with Crippen LogP contribution >= 0.6 is 0 Å². The molecule has 126 valence electrons. The van der Waals surface area contributed by atoms with E-state index in [0.717, 1.165) is 0 Å². The maximum Gasteiger partial charge on any atom is -0.00190 e. The molecule has 0 N–H and O–H groups in total. The summed E-state index contributed by atoms with van der Waals surface area (Å²) in [7, 11) is 0. The third-order valence-electron chi connectivity index (χ3n) is 4.94. The first kappa shape index (κ1) is 18.0. The minimum Gasteiger partial charge on any atom is -0.304 e. The van der Waals surface area contributed by atoms with Gasteiger partial charge in [-0.25, -0.2) is 0 Å². The molecule has 0 aliphatic heterocycles. The molecular weight excluding hydrogens is 278 g/mol. The van der Waals surface area contributed by atoms with E-state index in [1.165, 1.54) is 80.9 Å². The predicted molar refractivity (Wildman–Crippen MR) is 103 cm³/mol. The smallest absolute Gasteiger partial charge is 0.00190 e. The van der Waals surface area contributed by atoms with E-state index in [1.54, 1.807) is 0 Å². The summed E-state index contributed by atoms with van der Waals surface area (Å²) in [5.41, 5.74) is 1.52. The maximum atomic E-state index is 2.53. The van der Waals surface area contributed by atoms with Crippen LogP contribution in [0.15, 0.2) is 42.5 Å². The molecule has 0 bridgehead atoms. The van der Waals surface area contributed by atoms with Crippen molar-refractivity contribution in [2.24, 2.45) is 0 Å². The molecule has 0 heterocycles. The van der Waals surface area contributed by atoms with Crippen LogP contribution < -0.4 is 0 Å². The van der Waals surface area contributed by atoms with Gasteiger partial charge in [0.15, 0.2) is 0 Å². The van der Waals surface area contributed by atoms with Crippen molar-refractivity contribution in [2.75, 3.05) is 19.6 Å². The number of benzene rings is 2. The molecular formula is C22H33N. The Balaban J connectivity index is 1.60. The van der Waals surface area contributed by atoms with E-state index in [-0.39, 0.29) is 0 Å². The van der Waals surface area contributed by atoms with E-state index in [9.17, 15) is 0 Å². The molecule has 2 aromatic carbocycles. The molecule has 0 saturated heterocycles. The molecule has 0 saturated carbocycles. The summed E-state index contributed by atoms with van der Waals surface area (Å²) >= 11 is 0. The van der Waals surface area contributed by atoms with Gasteiger partial charge in [0.2, 0.25) is 0 Å². The van der Waals surface area contributed by atoms with Gasteiger partial charge >= 0.3 is 0 Å². The average Bonchev–Trinajstić information content (AvgIpc) is 2.60. The Morgan fingerprint density at radius 2 is 1.35 bits per heavy atom. The molecule has 0 fully saturated rings. The van der Waals surface area contributed by atoms with Crippen LogP contribution in [0.2, 0.25) is 0 Å². The highest BCUT2D eigenvalue weighted by Crippen LogP contribution is 2.20. The van der Waals surface area contributed by atoms with Gasteiger partial charge in [0, 0.05) is 0 Å². The lowest BCUT2D eigenvalue weighted by molar-refractivity contribution is 0.295. The van der Waals surface area contributed by atoms with Gasteiger partial charge in [0.25, 0.3) is 0 Å². The number of fused-ring (bicyclic) bond motifs is 1. The van der Waals surface area contributed by atoms with Crippen molar-refractivity contribution in [3.8, 4) is 0 Å². The number of aryl methyl sites for hydroxylation is 1. The predicted octanol–water partition coefficient (Wildman–Crippen LogP) is 6.06. The van der Waals surface area contributed by atoms with Crippen molar-refractivity contribution in [2.45, 2.75) is 58.8 Å². The number of unbranched alkanes of at least 4 members (excludes halogenated alkanes) is 5. The van der Waals surface area contributed by atoms with Crippen molar-refractivity contribution >= 4 is 10.8 Å². The Morgan fingerprint density at radius 3 is 2.13 bits per heavy atom. The minimum absolute atomic E-state index is 1.20. The quantitative estimate of drug-likeness (QED) is 0.456. The molecule has 2 aromatic rings. The third-order valence-corrected chi connectivity index (χ3v) is 4.94. The normalized spacial score (nSPS) is 11.4. The fourth-order valence-corrected chi connectivity index (χ4v) is 3.41. The lowest BCUT2D eigenvalue weighted by atomic mass is 9.99. The van der Waals surface area contributed by atoms with Gasteiger partial charge in [-0.1, -0.05) is 82.0 Å². The molecule has 2 rings (SSSR count). The molecule has 0 aromatic heterocycles. The summed E-state index contributed by atoms with van der Waals surface area (Å²) in [4.78, 5) is 2.53. The number of nitrogens with zero attached hydrogens (tertiary/aromatic N) is 1. The SMILES string of the molecule is CCN(CC)CCCCCCCCc1cccc2ccccc12. The Morgan fingerprint density at radius 1 is 0.696 bits per heavy atom. The van der Waals surface area contributed by atoms with Crippen LogP contribution in [0.5, 0.6) is 0 Å². The van der Waals surface area contributed by atoms with Crippen molar-refractivity contribution in [3.05, 3.63) is 48.0 Å². The van der Waals surface area contributed by atoms with Gasteiger partial charge in [0.1, 0.15) is 0 Å². The van der Waals surface area contributed by atoms with Crippen LogP contribution in [0.1, 0.15) is 57.9 Å². The van der Waals surface area contributed by atoms with E-state index in [2.05, 4.69) is 61.2 Å². The minimum atomic E-state index is 1.20. The number of rotatable bonds is 11. The van der Waals surface area contributed by atoms with Crippen LogP contribution in [0.3, 0.4) is 0 Å². The zero-order valence-corrected chi connectivity index (χ0v) is 15.1. The van der Waals surface area contributed by atoms with Gasteiger partial charge in [0.05, 0.1) is 0 Å². The second kappa shape index (κ2) is 10.4. The molecule has 0 aliphatic rings. The molecule has 0 atom stereocenters. The Hall–Kier alpha value is -1.34. The zero-order chi connectivity index (χ0) is 16.3. The monoisotopic (exact) mass is 311 g/mol. The van der Waals surface area contributed by atoms with Gasteiger partial charge in [-0.3, -0.25) is 0 Å². The molecule has 23 heavy (non-hydrogen) atoms. The Kier molecular flexibility index (Phi) is 8.17. The van der Waals surface area contributed by atoms with Gasteiger partial charge in [-0.2, -0.15) is 0 Å². The second-order valence-electron chi connectivity index (χ2n) is 6.54. The summed E-state index contributed by atoms with van der Waals surface area (Å²) in [5.74, 6) is 0. The lowest BCUT2D eigenvalue weighted by Gasteiger charge is -2.17. The molecule has 0 amide bonds. The van der Waals surface area contributed by atoms with Crippen molar-refractivity contribution in [1.29, 1.82) is 0 Å². The number of hydrogen-bond donors (Lipinski definition) is 0. The molecule has 0 spiro atoms. The fourth-order valence-electron chi connectivity index (χ4n) is 3.41. The van der Waals surface area contributed by atoms with Crippen molar-refractivity contribution < 1.29 is 0 Å². The van der Waals surface area contributed by atoms with Crippen LogP contribution in [-0.4, -0.2) is 24.5 Å². The van der Waals surface area contributed by atoms with Crippen LogP contribution in [0.4, 0.5) is 0 Å². The molecule has 0 radical (unpaired) electrons. The second-order valence-corrected chi connectivity index (χ2v) is 6.54. The molecule has 1 nitrogen and oxygen atoms in total. The van der Waals surface area contributed by atoms with Crippen LogP contribution in [0, 0.1) is 0 Å². The topological polar surface area (TPSA) is 3.24 Å². The van der Waals surface area contributed by atoms with Crippen LogP contribution in [0.25, 0.3) is 10.8 Å². The third kappa shape index (κ3) is 5.99. The van der Waals surface area contributed by atoms with Gasteiger partial charge < -0.3 is 4.90 Å². The summed E-state index contributed by atoms with van der Waals surface area (Å²) in [6.45, 7) is 8.19. The first-order valence-corrected chi connectivity index (χ1v) is 9.54. The van der Waals surface area contributed by atoms with Crippen molar-refractivity contribution in [1.82, 2.24) is 4.90 Å². The summed E-state index contributed by atoms with van der Waals surface area (Å²) in [6, 6.07) is 15.5. The van der Waals surface area contributed by atoms with Crippen molar-refractivity contribution in [3.63, 3.8) is 0 Å². The Bertz CT molecular complexity index is 551. The zero-order valence-electron chi connectivity index (χ0n) is 15.1. The first-order chi connectivity index (χ1) is 11.3. The average molecular weight is 312 g/mol. The van der Waals surface area contributed by atoms with E-state index in [1.807, 2.05) is 0 Å². The van der Waals surface area contributed by atoms with E-state index < -0.39 is 0 Å². The van der Waals surface area contributed by atoms with E-state index in [0.29, 0.717) is 0 Å². The summed E-state index contributed by atoms with van der Waals surface area (Å²) in [6.07, 6.45) is 9.47. The van der Waals surface area contributed by atoms with Gasteiger partial charge in [-0.05, 0) is 55.2 Å². The molecule has 1 heteroatoms. The molecule has 0 aliphatic carbocycles. The lowest BCUT2D eigenvalue weighted by Crippen LogP contribution is -2.23. The standard InChI is InChI=1S/C22H33N/c1-3-23(4-2)19-12-8-6-5-7-9-14-20-16-13-17-21-15-10-11-18-22(20)21/h10-11,13,15-18H,3-9,12,14,19H2,1-2H3. The van der Waals surface area contributed by atoms with Gasteiger partial charge in [-0.15, -0.1) is 0 Å². The highest BCUT2D eigenvalue weighted by atomic mass is 15.1. The summed E-state index contributed by atoms with van der Waals surface area (Å²) in [5, 5.41) is 2.82. The number of hydrogen-bond acceptors (Lipinski definition) is 1. The largest absolute Gasteiger partial charge is 0.304 e. The van der Waals surface area contributed by atoms with E-state index >= 15 is 0 Å². The highest BCUT2D eigenvalue weighted by Gasteiger charge is 2.01. The Labute approximate surface area is 142 Å². The highest BCUT2D eigenvalue weighted by molar-refractivity contribution is 5.85. The van der Waals surface area contributed by atoms with E-state index in [4.69, 9.17) is 0 Å². The van der Waals surface area contributed by atoms with Crippen LogP contribution in [-0.2, 0) is 6.42 Å². The maximum absolute atomic E-state index is 2.53. The summed E-state index contributed by atoms with van der Waals surface area (Å²) < 4.78 is 0. The fraction of sp³-hybridized carbons (Fsp3) is 0.545. The molecule has 0 unspecified atom stereocenters. The first-order valence-electron chi connectivity index (χ1n) is 9.54.